The maximum atomic E-state index is 12.7. The summed E-state index contributed by atoms with van der Waals surface area (Å²) in [4.78, 5) is 73.4. The summed E-state index contributed by atoms with van der Waals surface area (Å²) in [6, 6.07) is 33.9. The fourth-order valence-electron chi connectivity index (χ4n) is 5.84. The maximum Gasteiger partial charge on any atom is 0.257 e. The minimum atomic E-state index is -0.350. The number of carbonyl (C=O) groups excluding carboxylic acids is 5. The Labute approximate surface area is 360 Å². The van der Waals surface area contributed by atoms with Gasteiger partial charge in [-0.3, -0.25) is 24.0 Å². The predicted octanol–water partition coefficient (Wildman–Crippen LogP) is 8.80. The SMILES string of the molecule is CC(=O)N1CCN(c2ccc(C(=O)Nc3ccc(Cl)c(NC(=O)c4ccccc4)c3)cn2)CC1.O=C(Nc1ccc(Cl)c(NC(=O)c2ccccc2)c1)c1ccc(Cl)nc1. The van der Waals surface area contributed by atoms with Crippen LogP contribution in [-0.2, 0) is 4.79 Å². The van der Waals surface area contributed by atoms with E-state index in [4.69, 9.17) is 34.8 Å². The number of aromatic nitrogens is 2. The first-order valence-electron chi connectivity index (χ1n) is 18.5. The zero-order valence-electron chi connectivity index (χ0n) is 32.0. The zero-order chi connectivity index (χ0) is 42.6. The van der Waals surface area contributed by atoms with Gasteiger partial charge in [0.25, 0.3) is 23.6 Å². The molecule has 6 aromatic rings. The average Bonchev–Trinajstić information content (AvgIpc) is 3.27. The fraction of sp³-hybridized carbons (Fsp3) is 0.114. The number of halogens is 3. The molecular weight excluding hydrogens is 827 g/mol. The lowest BCUT2D eigenvalue weighted by molar-refractivity contribution is -0.129. The van der Waals surface area contributed by atoms with E-state index in [1.807, 2.05) is 12.1 Å². The molecule has 0 radical (unpaired) electrons. The largest absolute Gasteiger partial charge is 0.353 e. The normalized spacial score (nSPS) is 12.0. The van der Waals surface area contributed by atoms with Gasteiger partial charge in [0.15, 0.2) is 0 Å². The van der Waals surface area contributed by atoms with E-state index >= 15 is 0 Å². The minimum Gasteiger partial charge on any atom is -0.353 e. The van der Waals surface area contributed by atoms with Gasteiger partial charge in [-0.2, -0.15) is 0 Å². The molecule has 2 aromatic heterocycles. The molecule has 1 aliphatic rings. The van der Waals surface area contributed by atoms with Crippen molar-refractivity contribution in [3.05, 3.63) is 171 Å². The molecule has 1 aliphatic heterocycles. The molecule has 0 saturated carbocycles. The number of nitrogens with one attached hydrogen (secondary N) is 4. The van der Waals surface area contributed by atoms with Crippen LogP contribution in [0.3, 0.4) is 0 Å². The lowest BCUT2D eigenvalue weighted by atomic mass is 10.2. The Hall–Kier alpha value is -6.80. The Balaban J connectivity index is 0.000000209. The Morgan fingerprint density at radius 1 is 0.500 bits per heavy atom. The van der Waals surface area contributed by atoms with Crippen molar-refractivity contribution < 1.29 is 24.0 Å². The third-order valence-corrected chi connectivity index (χ3v) is 9.95. The van der Waals surface area contributed by atoms with Gasteiger partial charge in [0.2, 0.25) is 5.91 Å². The van der Waals surface area contributed by atoms with E-state index < -0.39 is 0 Å². The summed E-state index contributed by atoms with van der Waals surface area (Å²) in [6.45, 7) is 4.26. The van der Waals surface area contributed by atoms with E-state index in [1.54, 1.807) is 115 Å². The zero-order valence-corrected chi connectivity index (χ0v) is 34.3. The van der Waals surface area contributed by atoms with Crippen LogP contribution in [0.4, 0.5) is 28.6 Å². The lowest BCUT2D eigenvalue weighted by Gasteiger charge is -2.34. The van der Waals surface area contributed by atoms with Gasteiger partial charge in [0.1, 0.15) is 11.0 Å². The highest BCUT2D eigenvalue weighted by atomic mass is 35.5. The van der Waals surface area contributed by atoms with Gasteiger partial charge in [-0.15, -0.1) is 0 Å². The van der Waals surface area contributed by atoms with Gasteiger partial charge >= 0.3 is 0 Å². The molecule has 60 heavy (non-hydrogen) atoms. The molecule has 0 unspecified atom stereocenters. The molecule has 1 saturated heterocycles. The predicted molar refractivity (Wildman–Crippen MR) is 236 cm³/mol. The third-order valence-electron chi connectivity index (χ3n) is 9.07. The number of amides is 5. The van der Waals surface area contributed by atoms with Gasteiger partial charge < -0.3 is 31.1 Å². The van der Waals surface area contributed by atoms with Gasteiger partial charge in [0.05, 0.1) is 32.5 Å². The smallest absolute Gasteiger partial charge is 0.257 e. The molecular formula is C44H37Cl3N8O5. The Kier molecular flexibility index (Phi) is 14.4. The lowest BCUT2D eigenvalue weighted by Crippen LogP contribution is -2.48. The second kappa shape index (κ2) is 20.3. The number of carbonyl (C=O) groups is 5. The van der Waals surface area contributed by atoms with Crippen LogP contribution in [0.2, 0.25) is 15.2 Å². The van der Waals surface area contributed by atoms with Crippen molar-refractivity contribution >= 4 is 92.9 Å². The maximum absolute atomic E-state index is 12.7. The third kappa shape index (κ3) is 11.7. The van der Waals surface area contributed by atoms with Crippen LogP contribution >= 0.6 is 34.8 Å². The molecule has 4 N–H and O–H groups in total. The molecule has 16 heteroatoms. The van der Waals surface area contributed by atoms with Crippen LogP contribution in [-0.4, -0.2) is 70.6 Å². The van der Waals surface area contributed by atoms with Crippen molar-refractivity contribution in [2.24, 2.45) is 0 Å². The molecule has 4 aromatic carbocycles. The minimum absolute atomic E-state index is 0.0737. The number of rotatable bonds is 9. The molecule has 0 bridgehead atoms. The summed E-state index contributed by atoms with van der Waals surface area (Å²) in [5, 5.41) is 12.1. The summed E-state index contributed by atoms with van der Waals surface area (Å²) in [5.74, 6) is -0.436. The second-order valence-corrected chi connectivity index (χ2v) is 14.4. The van der Waals surface area contributed by atoms with Crippen molar-refractivity contribution in [3.63, 3.8) is 0 Å². The quantitative estimate of drug-likeness (QED) is 0.105. The number of piperazine rings is 1. The standard InChI is InChI=1S/C25H24ClN5O3.C19H13Cl2N3O2/c1-17(32)30-11-13-31(14-12-30)23-10-7-19(16-27-23)25(34)28-20-8-9-21(26)22(15-20)29-24(33)18-5-3-2-4-6-18;20-15-8-7-14(23-19(26)13-6-9-17(21)22-11-13)10-16(15)24-18(25)12-4-2-1-3-5-12/h2-10,15-16H,11-14H2,1H3,(H,28,34)(H,29,33);1-11H,(H,23,26)(H,24,25). The van der Waals surface area contributed by atoms with E-state index in [2.05, 4.69) is 36.1 Å². The van der Waals surface area contributed by atoms with Crippen LogP contribution in [0.25, 0.3) is 0 Å². The Morgan fingerprint density at radius 2 is 0.950 bits per heavy atom. The molecule has 0 spiro atoms. The molecule has 7 rings (SSSR count). The van der Waals surface area contributed by atoms with Crippen molar-refractivity contribution in [1.29, 1.82) is 0 Å². The first kappa shape index (κ1) is 42.8. The topological polar surface area (TPSA) is 166 Å². The van der Waals surface area contributed by atoms with Gasteiger partial charge in [0, 0.05) is 68.0 Å². The van der Waals surface area contributed by atoms with Gasteiger partial charge in [-0.1, -0.05) is 71.2 Å². The Bertz CT molecular complexity index is 2490. The monoisotopic (exact) mass is 862 g/mol. The van der Waals surface area contributed by atoms with E-state index in [1.165, 1.54) is 18.5 Å². The number of benzene rings is 4. The highest BCUT2D eigenvalue weighted by molar-refractivity contribution is 6.34. The highest BCUT2D eigenvalue weighted by Gasteiger charge is 2.20. The molecule has 304 valence electrons. The van der Waals surface area contributed by atoms with Crippen molar-refractivity contribution in [2.75, 3.05) is 52.3 Å². The summed E-state index contributed by atoms with van der Waals surface area (Å²) in [7, 11) is 0. The van der Waals surface area contributed by atoms with E-state index in [-0.39, 0.29) is 29.5 Å². The number of anilines is 5. The van der Waals surface area contributed by atoms with Crippen LogP contribution in [0.5, 0.6) is 0 Å². The Morgan fingerprint density at radius 3 is 1.37 bits per heavy atom. The number of hydrogen-bond acceptors (Lipinski definition) is 8. The van der Waals surface area contributed by atoms with Crippen LogP contribution in [0.15, 0.2) is 134 Å². The summed E-state index contributed by atoms with van der Waals surface area (Å²) < 4.78 is 0. The molecule has 0 atom stereocenters. The number of nitrogens with zero attached hydrogens (tertiary/aromatic N) is 4. The number of hydrogen-bond donors (Lipinski definition) is 4. The van der Waals surface area contributed by atoms with Crippen molar-refractivity contribution in [2.45, 2.75) is 6.92 Å². The van der Waals surface area contributed by atoms with E-state index in [9.17, 15) is 24.0 Å². The van der Waals surface area contributed by atoms with Crippen LogP contribution in [0.1, 0.15) is 48.4 Å². The molecule has 13 nitrogen and oxygen atoms in total. The van der Waals surface area contributed by atoms with Crippen molar-refractivity contribution in [3.8, 4) is 0 Å². The first-order chi connectivity index (χ1) is 28.9. The summed E-state index contributed by atoms with van der Waals surface area (Å²) in [6.07, 6.45) is 2.90. The molecule has 5 amide bonds. The molecule has 3 heterocycles. The summed E-state index contributed by atoms with van der Waals surface area (Å²) >= 11 is 18.1. The first-order valence-corrected chi connectivity index (χ1v) is 19.6. The highest BCUT2D eigenvalue weighted by Crippen LogP contribution is 2.28. The van der Waals surface area contributed by atoms with Crippen LogP contribution in [0, 0.1) is 0 Å². The van der Waals surface area contributed by atoms with Gasteiger partial charge in [-0.05, 0) is 84.9 Å². The van der Waals surface area contributed by atoms with Gasteiger partial charge in [-0.25, -0.2) is 9.97 Å². The molecule has 0 aliphatic carbocycles. The summed E-state index contributed by atoms with van der Waals surface area (Å²) in [5.41, 5.74) is 3.53. The van der Waals surface area contributed by atoms with Crippen LogP contribution < -0.4 is 26.2 Å². The van der Waals surface area contributed by atoms with E-state index in [0.29, 0.717) is 86.4 Å². The van der Waals surface area contributed by atoms with E-state index in [0.717, 1.165) is 5.82 Å². The molecule has 1 fully saturated rings. The number of pyridine rings is 2. The average molecular weight is 864 g/mol. The van der Waals surface area contributed by atoms with Crippen molar-refractivity contribution in [1.82, 2.24) is 14.9 Å². The second-order valence-electron chi connectivity index (χ2n) is 13.2. The fourth-order valence-corrected chi connectivity index (χ4v) is 6.28.